The first-order chi connectivity index (χ1) is 15.8. The quantitative estimate of drug-likeness (QED) is 0.634. The van der Waals surface area contributed by atoms with Gasteiger partial charge in [0.1, 0.15) is 11.5 Å². The van der Waals surface area contributed by atoms with Crippen molar-refractivity contribution in [3.05, 3.63) is 48.5 Å². The number of carbonyl (C=O) groups excluding carboxylic acids is 1. The first-order valence-electron chi connectivity index (χ1n) is 11.3. The number of ether oxygens (including phenoxy) is 1. The number of nitrogens with zero attached hydrogens (tertiary/aromatic N) is 3. The summed E-state index contributed by atoms with van der Waals surface area (Å²) >= 11 is 0. The number of rotatable bonds is 8. The van der Waals surface area contributed by atoms with Crippen LogP contribution in [0, 0.1) is 5.92 Å². The number of urea groups is 1. The summed E-state index contributed by atoms with van der Waals surface area (Å²) in [5.41, 5.74) is 0.812. The minimum Gasteiger partial charge on any atom is -0.508 e. The maximum atomic E-state index is 12.7. The van der Waals surface area contributed by atoms with E-state index in [2.05, 4.69) is 4.90 Å². The van der Waals surface area contributed by atoms with E-state index in [1.165, 1.54) is 6.26 Å². The Morgan fingerprint density at radius 1 is 0.939 bits per heavy atom. The number of sulfone groups is 1. The molecule has 33 heavy (non-hydrogen) atoms. The average molecular weight is 474 g/mol. The highest BCUT2D eigenvalue weighted by Gasteiger charge is 2.30. The first-order valence-corrected chi connectivity index (χ1v) is 13.2. The molecule has 1 N–H and O–H groups in total. The fourth-order valence-electron chi connectivity index (χ4n) is 4.30. The van der Waals surface area contributed by atoms with Crippen molar-refractivity contribution in [1.82, 2.24) is 9.80 Å². The molecule has 2 amide bonds. The Balaban J connectivity index is 1.17. The lowest BCUT2D eigenvalue weighted by molar-refractivity contribution is 0.133. The summed E-state index contributed by atoms with van der Waals surface area (Å²) in [5.74, 6) is 1.35. The number of hydrogen-bond acceptors (Lipinski definition) is 6. The monoisotopic (exact) mass is 473 g/mol. The molecule has 0 saturated carbocycles. The summed E-state index contributed by atoms with van der Waals surface area (Å²) in [4.78, 5) is 19.1. The van der Waals surface area contributed by atoms with Gasteiger partial charge in [-0.1, -0.05) is 0 Å². The molecule has 2 heterocycles. The number of likely N-dealkylation sites (tertiary alicyclic amines) is 1. The van der Waals surface area contributed by atoms with Crippen molar-refractivity contribution < 1.29 is 23.1 Å². The van der Waals surface area contributed by atoms with E-state index in [9.17, 15) is 18.3 Å². The van der Waals surface area contributed by atoms with Gasteiger partial charge in [0.15, 0.2) is 9.84 Å². The molecule has 2 fully saturated rings. The second-order valence-corrected chi connectivity index (χ2v) is 10.8. The number of benzene rings is 2. The number of anilines is 1. The third-order valence-corrected chi connectivity index (χ3v) is 7.52. The summed E-state index contributed by atoms with van der Waals surface area (Å²) in [6, 6.07) is 13.3. The van der Waals surface area contributed by atoms with Gasteiger partial charge in [-0.05, 0) is 80.4 Å². The van der Waals surface area contributed by atoms with Crippen molar-refractivity contribution in [3.63, 3.8) is 0 Å². The smallest absolute Gasteiger partial charge is 0.324 e. The molecular formula is C24H31N3O5S. The SMILES string of the molecule is CS(=O)(=O)c1ccc(OCC2CCN(CCN3CCN(c4ccc(O)cc4)C3=O)CC2)cc1. The second kappa shape index (κ2) is 10.0. The van der Waals surface area contributed by atoms with Crippen LogP contribution in [0.2, 0.25) is 0 Å². The molecular weight excluding hydrogens is 442 g/mol. The molecule has 178 valence electrons. The Hall–Kier alpha value is -2.78. The zero-order chi connectivity index (χ0) is 23.4. The summed E-state index contributed by atoms with van der Waals surface area (Å²) in [5, 5.41) is 9.45. The number of amides is 2. The highest BCUT2D eigenvalue weighted by molar-refractivity contribution is 7.90. The van der Waals surface area contributed by atoms with Crippen LogP contribution in [-0.2, 0) is 9.84 Å². The molecule has 0 bridgehead atoms. The minimum absolute atomic E-state index is 0.0193. The fraction of sp³-hybridized carbons (Fsp3) is 0.458. The molecule has 0 radical (unpaired) electrons. The summed E-state index contributed by atoms with van der Waals surface area (Å²) in [6.45, 7) is 5.51. The molecule has 0 aromatic heterocycles. The molecule has 4 rings (SSSR count). The van der Waals surface area contributed by atoms with Gasteiger partial charge >= 0.3 is 6.03 Å². The number of hydrogen-bond donors (Lipinski definition) is 1. The van der Waals surface area contributed by atoms with E-state index in [4.69, 9.17) is 4.74 Å². The van der Waals surface area contributed by atoms with Gasteiger partial charge in [0.2, 0.25) is 0 Å². The molecule has 2 aliphatic rings. The molecule has 0 unspecified atom stereocenters. The Morgan fingerprint density at radius 3 is 2.24 bits per heavy atom. The lowest BCUT2D eigenvalue weighted by Crippen LogP contribution is -2.41. The van der Waals surface area contributed by atoms with E-state index in [0.717, 1.165) is 38.2 Å². The maximum Gasteiger partial charge on any atom is 0.324 e. The van der Waals surface area contributed by atoms with Crippen LogP contribution >= 0.6 is 0 Å². The zero-order valence-corrected chi connectivity index (χ0v) is 19.7. The number of piperidine rings is 1. The van der Waals surface area contributed by atoms with Gasteiger partial charge in [0.05, 0.1) is 11.5 Å². The molecule has 2 aromatic carbocycles. The van der Waals surface area contributed by atoms with Crippen LogP contribution in [0.5, 0.6) is 11.5 Å². The predicted molar refractivity (Wildman–Crippen MR) is 127 cm³/mol. The largest absolute Gasteiger partial charge is 0.508 e. The van der Waals surface area contributed by atoms with E-state index in [1.54, 1.807) is 53.4 Å². The van der Waals surface area contributed by atoms with Gasteiger partial charge < -0.3 is 19.6 Å². The summed E-state index contributed by atoms with van der Waals surface area (Å²) < 4.78 is 29.0. The normalized spacial score (nSPS) is 18.2. The highest BCUT2D eigenvalue weighted by Crippen LogP contribution is 2.24. The molecule has 0 aliphatic carbocycles. The van der Waals surface area contributed by atoms with Gasteiger partial charge in [0.25, 0.3) is 0 Å². The van der Waals surface area contributed by atoms with Crippen molar-refractivity contribution >= 4 is 21.6 Å². The first kappa shape index (κ1) is 23.4. The third kappa shape index (κ3) is 5.97. The third-order valence-electron chi connectivity index (χ3n) is 6.39. The second-order valence-electron chi connectivity index (χ2n) is 8.78. The summed E-state index contributed by atoms with van der Waals surface area (Å²) in [6.07, 6.45) is 3.27. The minimum atomic E-state index is -3.19. The number of phenols is 1. The molecule has 2 aliphatic heterocycles. The standard InChI is InChI=1S/C24H31N3O5S/c1-33(30,31)23-8-6-22(7-9-23)32-18-19-10-12-25(13-11-19)14-15-26-16-17-27(24(26)29)20-2-4-21(28)5-3-20/h2-9,19,28H,10-18H2,1H3. The van der Waals surface area contributed by atoms with Crippen molar-refractivity contribution in [1.29, 1.82) is 0 Å². The molecule has 0 spiro atoms. The van der Waals surface area contributed by atoms with Crippen LogP contribution < -0.4 is 9.64 Å². The van der Waals surface area contributed by atoms with Crippen LogP contribution in [0.3, 0.4) is 0 Å². The van der Waals surface area contributed by atoms with Crippen LogP contribution in [0.1, 0.15) is 12.8 Å². The fourth-order valence-corrected chi connectivity index (χ4v) is 4.93. The van der Waals surface area contributed by atoms with E-state index in [-0.39, 0.29) is 11.8 Å². The Labute approximate surface area is 195 Å². The lowest BCUT2D eigenvalue weighted by Gasteiger charge is -2.32. The topological polar surface area (TPSA) is 90.4 Å². The Kier molecular flexibility index (Phi) is 7.09. The van der Waals surface area contributed by atoms with Crippen molar-refractivity contribution in [2.24, 2.45) is 5.92 Å². The maximum absolute atomic E-state index is 12.7. The number of phenolic OH excluding ortho intramolecular Hbond substituents is 1. The van der Waals surface area contributed by atoms with Gasteiger partial charge in [-0.15, -0.1) is 0 Å². The van der Waals surface area contributed by atoms with Crippen LogP contribution in [0.4, 0.5) is 10.5 Å². The van der Waals surface area contributed by atoms with Crippen LogP contribution in [0.25, 0.3) is 0 Å². The van der Waals surface area contributed by atoms with Crippen LogP contribution in [0.15, 0.2) is 53.4 Å². The molecule has 0 atom stereocenters. The zero-order valence-electron chi connectivity index (χ0n) is 18.9. The van der Waals surface area contributed by atoms with Crippen molar-refractivity contribution in [3.8, 4) is 11.5 Å². The van der Waals surface area contributed by atoms with Gasteiger partial charge in [0, 0.05) is 38.1 Å². The van der Waals surface area contributed by atoms with E-state index < -0.39 is 9.84 Å². The van der Waals surface area contributed by atoms with Crippen molar-refractivity contribution in [2.45, 2.75) is 17.7 Å². The highest BCUT2D eigenvalue weighted by atomic mass is 32.2. The van der Waals surface area contributed by atoms with Gasteiger partial charge in [-0.25, -0.2) is 13.2 Å². The molecule has 8 nitrogen and oxygen atoms in total. The van der Waals surface area contributed by atoms with Crippen LogP contribution in [-0.4, -0.2) is 81.5 Å². The lowest BCUT2D eigenvalue weighted by atomic mass is 9.98. The predicted octanol–water partition coefficient (Wildman–Crippen LogP) is 2.83. The molecule has 2 saturated heterocycles. The van der Waals surface area contributed by atoms with Gasteiger partial charge in [-0.3, -0.25) is 4.90 Å². The Bertz CT molecular complexity index is 1050. The van der Waals surface area contributed by atoms with Crippen molar-refractivity contribution in [2.75, 3.05) is 57.0 Å². The van der Waals surface area contributed by atoms with Gasteiger partial charge in [-0.2, -0.15) is 0 Å². The average Bonchev–Trinajstić information content (AvgIpc) is 3.17. The Morgan fingerprint density at radius 2 is 1.61 bits per heavy atom. The van der Waals surface area contributed by atoms with E-state index >= 15 is 0 Å². The molecule has 2 aromatic rings. The number of aromatic hydroxyl groups is 1. The summed E-state index contributed by atoms with van der Waals surface area (Å²) in [7, 11) is -3.19. The van der Waals surface area contributed by atoms with E-state index in [1.807, 2.05) is 4.90 Å². The van der Waals surface area contributed by atoms with E-state index in [0.29, 0.717) is 42.8 Å². The number of carbonyl (C=O) groups is 1. The molecule has 9 heteroatoms.